The fraction of sp³-hybridized carbons (Fsp3) is 0.312. The van der Waals surface area contributed by atoms with Crippen molar-refractivity contribution in [1.82, 2.24) is 9.88 Å². The molecule has 1 unspecified atom stereocenters. The van der Waals surface area contributed by atoms with E-state index in [0.29, 0.717) is 6.54 Å². The van der Waals surface area contributed by atoms with E-state index in [0.717, 1.165) is 28.5 Å². The van der Waals surface area contributed by atoms with Crippen molar-refractivity contribution in [3.05, 3.63) is 64.4 Å². The van der Waals surface area contributed by atoms with Crippen molar-refractivity contribution in [2.24, 2.45) is 5.73 Å². The lowest BCUT2D eigenvalue weighted by Gasteiger charge is -2.27. The van der Waals surface area contributed by atoms with Crippen molar-refractivity contribution in [2.75, 3.05) is 13.6 Å². The van der Waals surface area contributed by atoms with E-state index in [4.69, 9.17) is 17.3 Å². The zero-order valence-electron chi connectivity index (χ0n) is 11.9. The molecule has 2 rings (SSSR count). The first-order valence-electron chi connectivity index (χ1n) is 6.69. The van der Waals surface area contributed by atoms with E-state index in [-0.39, 0.29) is 6.04 Å². The lowest BCUT2D eigenvalue weighted by Crippen LogP contribution is -2.30. The Bertz CT molecular complexity index is 571. The molecule has 0 saturated heterocycles. The fourth-order valence-corrected chi connectivity index (χ4v) is 2.60. The molecule has 2 N–H and O–H groups in total. The molecule has 0 fully saturated rings. The van der Waals surface area contributed by atoms with Gasteiger partial charge in [0.05, 0.1) is 5.69 Å². The van der Waals surface area contributed by atoms with Crippen molar-refractivity contribution in [1.29, 1.82) is 0 Å². The minimum Gasteiger partial charge on any atom is -0.329 e. The van der Waals surface area contributed by atoms with Crippen LogP contribution in [0.5, 0.6) is 0 Å². The van der Waals surface area contributed by atoms with Crippen LogP contribution in [-0.2, 0) is 6.54 Å². The highest BCUT2D eigenvalue weighted by Crippen LogP contribution is 2.26. The van der Waals surface area contributed by atoms with Gasteiger partial charge < -0.3 is 5.73 Å². The zero-order chi connectivity index (χ0) is 14.5. The molecule has 1 aromatic heterocycles. The maximum absolute atomic E-state index is 6.27. The summed E-state index contributed by atoms with van der Waals surface area (Å²) in [6, 6.07) is 14.0. The van der Waals surface area contributed by atoms with Gasteiger partial charge in [0.2, 0.25) is 0 Å². The Kier molecular flexibility index (Phi) is 5.12. The molecule has 0 saturated carbocycles. The Morgan fingerprint density at radius 2 is 1.95 bits per heavy atom. The summed E-state index contributed by atoms with van der Waals surface area (Å²) >= 11 is 6.27. The number of halogens is 1. The third kappa shape index (κ3) is 3.57. The molecule has 0 bridgehead atoms. The number of aromatic nitrogens is 1. The highest BCUT2D eigenvalue weighted by molar-refractivity contribution is 6.31. The predicted octanol–water partition coefficient (Wildman–Crippen LogP) is 3.18. The highest BCUT2D eigenvalue weighted by Gasteiger charge is 2.18. The topological polar surface area (TPSA) is 42.1 Å². The van der Waals surface area contributed by atoms with Gasteiger partial charge in [-0.3, -0.25) is 9.88 Å². The van der Waals surface area contributed by atoms with Crippen LogP contribution in [0.1, 0.15) is 23.0 Å². The van der Waals surface area contributed by atoms with Gasteiger partial charge in [-0.15, -0.1) is 0 Å². The second kappa shape index (κ2) is 6.84. The first-order chi connectivity index (χ1) is 9.61. The number of hydrogen-bond donors (Lipinski definition) is 1. The molecule has 3 nitrogen and oxygen atoms in total. The van der Waals surface area contributed by atoms with Gasteiger partial charge in [-0.25, -0.2) is 0 Å². The molecular formula is C16H20ClN3. The van der Waals surface area contributed by atoms with Crippen LogP contribution in [-0.4, -0.2) is 23.5 Å². The van der Waals surface area contributed by atoms with Crippen LogP contribution in [0.4, 0.5) is 0 Å². The van der Waals surface area contributed by atoms with Gasteiger partial charge in [0.25, 0.3) is 0 Å². The number of pyridine rings is 1. The molecule has 2 aromatic rings. The van der Waals surface area contributed by atoms with Gasteiger partial charge in [-0.1, -0.05) is 35.9 Å². The second-order valence-electron chi connectivity index (χ2n) is 4.96. The van der Waals surface area contributed by atoms with E-state index in [1.165, 1.54) is 0 Å². The minimum atomic E-state index is 0.0889. The molecule has 0 aliphatic carbocycles. The van der Waals surface area contributed by atoms with E-state index >= 15 is 0 Å². The molecule has 0 aliphatic rings. The van der Waals surface area contributed by atoms with Crippen molar-refractivity contribution >= 4 is 11.6 Å². The van der Waals surface area contributed by atoms with Crippen LogP contribution in [0, 0.1) is 6.92 Å². The lowest BCUT2D eigenvalue weighted by atomic mass is 10.1. The van der Waals surface area contributed by atoms with Crippen LogP contribution in [0.25, 0.3) is 0 Å². The number of hydrogen-bond acceptors (Lipinski definition) is 3. The molecule has 4 heteroatoms. The first kappa shape index (κ1) is 15.0. The number of rotatable bonds is 5. The van der Waals surface area contributed by atoms with Gasteiger partial charge in [-0.05, 0) is 37.7 Å². The third-order valence-electron chi connectivity index (χ3n) is 3.38. The smallest absolute Gasteiger partial charge is 0.0547 e. The molecule has 0 spiro atoms. The molecule has 1 atom stereocenters. The standard InChI is InChI=1S/C16H20ClN3/c1-12-6-5-7-13(19-12)11-20(2)16(10-18)14-8-3-4-9-15(14)17/h3-9,16H,10-11,18H2,1-2H3. The average molecular weight is 290 g/mol. The SMILES string of the molecule is Cc1cccc(CN(C)C(CN)c2ccccc2Cl)n1. The Hall–Kier alpha value is -1.42. The van der Waals surface area contributed by atoms with Gasteiger partial charge in [-0.2, -0.15) is 0 Å². The quantitative estimate of drug-likeness (QED) is 0.919. The summed E-state index contributed by atoms with van der Waals surface area (Å²) in [5.74, 6) is 0. The van der Waals surface area contributed by atoms with Crippen LogP contribution >= 0.6 is 11.6 Å². The largest absolute Gasteiger partial charge is 0.329 e. The van der Waals surface area contributed by atoms with Crippen LogP contribution in [0.15, 0.2) is 42.5 Å². The first-order valence-corrected chi connectivity index (χ1v) is 7.07. The summed E-state index contributed by atoms with van der Waals surface area (Å²) in [7, 11) is 2.05. The van der Waals surface area contributed by atoms with Crippen LogP contribution in [0.3, 0.4) is 0 Å². The van der Waals surface area contributed by atoms with Crippen molar-refractivity contribution < 1.29 is 0 Å². The van der Waals surface area contributed by atoms with Crippen LogP contribution < -0.4 is 5.73 Å². The third-order valence-corrected chi connectivity index (χ3v) is 3.72. The monoisotopic (exact) mass is 289 g/mol. The number of nitrogens with two attached hydrogens (primary N) is 1. The minimum absolute atomic E-state index is 0.0889. The highest BCUT2D eigenvalue weighted by atomic mass is 35.5. The van der Waals surface area contributed by atoms with Gasteiger partial charge in [0.15, 0.2) is 0 Å². The normalized spacial score (nSPS) is 12.7. The summed E-state index contributed by atoms with van der Waals surface area (Å²) in [5, 5.41) is 0.756. The zero-order valence-corrected chi connectivity index (χ0v) is 12.6. The fourth-order valence-electron chi connectivity index (χ4n) is 2.34. The molecule has 0 radical (unpaired) electrons. The summed E-state index contributed by atoms with van der Waals surface area (Å²) in [5.41, 5.74) is 9.06. The van der Waals surface area contributed by atoms with E-state index in [2.05, 4.69) is 9.88 Å². The molecule has 0 amide bonds. The number of likely N-dealkylation sites (N-methyl/N-ethyl adjacent to an activating group) is 1. The summed E-state index contributed by atoms with van der Waals surface area (Å²) < 4.78 is 0. The molecule has 0 aliphatic heterocycles. The van der Waals surface area contributed by atoms with E-state index in [1.807, 2.05) is 56.4 Å². The number of nitrogens with zero attached hydrogens (tertiary/aromatic N) is 2. The number of benzene rings is 1. The van der Waals surface area contributed by atoms with Gasteiger partial charge in [0.1, 0.15) is 0 Å². The Morgan fingerprint density at radius 3 is 2.60 bits per heavy atom. The Labute approximate surface area is 125 Å². The molecule has 1 aromatic carbocycles. The molecular weight excluding hydrogens is 270 g/mol. The van der Waals surface area contributed by atoms with E-state index in [9.17, 15) is 0 Å². The average Bonchev–Trinajstić information content (AvgIpc) is 2.41. The second-order valence-corrected chi connectivity index (χ2v) is 5.37. The van der Waals surface area contributed by atoms with E-state index in [1.54, 1.807) is 0 Å². The van der Waals surface area contributed by atoms with Gasteiger partial charge >= 0.3 is 0 Å². The Balaban J connectivity index is 2.18. The molecule has 20 heavy (non-hydrogen) atoms. The Morgan fingerprint density at radius 1 is 1.20 bits per heavy atom. The van der Waals surface area contributed by atoms with Crippen LogP contribution in [0.2, 0.25) is 5.02 Å². The maximum atomic E-state index is 6.27. The summed E-state index contributed by atoms with van der Waals surface area (Å²) in [6.07, 6.45) is 0. The predicted molar refractivity (Wildman–Crippen MR) is 83.7 cm³/mol. The lowest BCUT2D eigenvalue weighted by molar-refractivity contribution is 0.239. The summed E-state index contributed by atoms with van der Waals surface area (Å²) in [4.78, 5) is 6.71. The van der Waals surface area contributed by atoms with Gasteiger partial charge in [0, 0.05) is 29.8 Å². The maximum Gasteiger partial charge on any atom is 0.0547 e. The van der Waals surface area contributed by atoms with Crippen molar-refractivity contribution in [2.45, 2.75) is 19.5 Å². The number of aryl methyl sites for hydroxylation is 1. The summed E-state index contributed by atoms with van der Waals surface area (Å²) in [6.45, 7) is 3.26. The molecule has 106 valence electrons. The van der Waals surface area contributed by atoms with E-state index < -0.39 is 0 Å². The van der Waals surface area contributed by atoms with Crippen molar-refractivity contribution in [3.63, 3.8) is 0 Å². The van der Waals surface area contributed by atoms with Crippen molar-refractivity contribution in [3.8, 4) is 0 Å². The molecule has 1 heterocycles.